The van der Waals surface area contributed by atoms with Crippen molar-refractivity contribution in [1.29, 1.82) is 0 Å². The predicted octanol–water partition coefficient (Wildman–Crippen LogP) is 1.98. The molecule has 0 radical (unpaired) electrons. The van der Waals surface area contributed by atoms with Gasteiger partial charge in [-0.1, -0.05) is 5.16 Å². The molecule has 0 unspecified atom stereocenters. The quantitative estimate of drug-likeness (QED) is 0.740. The van der Waals surface area contributed by atoms with E-state index in [1.165, 1.54) is 19.3 Å². The van der Waals surface area contributed by atoms with E-state index in [4.69, 9.17) is 10.3 Å². The average molecular weight is 192 g/mol. The van der Waals surface area contributed by atoms with Crippen LogP contribution in [0.3, 0.4) is 0 Å². The van der Waals surface area contributed by atoms with Crippen LogP contribution in [0.4, 0.5) is 0 Å². The Bertz CT molecular complexity index is 307. The molecule has 1 heterocycles. The minimum Gasteiger partial charge on any atom is -0.361 e. The summed E-state index contributed by atoms with van der Waals surface area (Å²) < 4.78 is 5.33. The Morgan fingerprint density at radius 2 is 1.79 bits per heavy atom. The Hall–Kier alpha value is -0.830. The van der Waals surface area contributed by atoms with Gasteiger partial charge < -0.3 is 10.3 Å². The van der Waals surface area contributed by atoms with Crippen LogP contribution in [0, 0.1) is 0 Å². The number of fused-ring (bicyclic) bond motifs is 3. The molecule has 0 saturated heterocycles. The molecule has 0 aliphatic heterocycles. The van der Waals surface area contributed by atoms with Gasteiger partial charge in [-0.05, 0) is 38.5 Å². The number of rotatable bonds is 1. The topological polar surface area (TPSA) is 52.0 Å². The Morgan fingerprint density at radius 3 is 2.29 bits per heavy atom. The Balaban J connectivity index is 1.93. The lowest BCUT2D eigenvalue weighted by atomic mass is 9.57. The first-order chi connectivity index (χ1) is 6.73. The summed E-state index contributed by atoms with van der Waals surface area (Å²) in [5.41, 5.74) is 6.68. The van der Waals surface area contributed by atoms with Gasteiger partial charge in [0.15, 0.2) is 0 Å². The van der Waals surface area contributed by atoms with E-state index in [0.717, 1.165) is 25.0 Å². The number of nitrogens with two attached hydrogens (primary N) is 1. The van der Waals surface area contributed by atoms with Gasteiger partial charge in [0, 0.05) is 17.0 Å². The Kier molecular flexibility index (Phi) is 1.57. The van der Waals surface area contributed by atoms with Crippen LogP contribution in [0.1, 0.15) is 44.3 Å². The van der Waals surface area contributed by atoms with E-state index in [0.29, 0.717) is 0 Å². The van der Waals surface area contributed by atoms with Gasteiger partial charge in [0.2, 0.25) is 0 Å². The van der Waals surface area contributed by atoms with E-state index in [9.17, 15) is 0 Å². The summed E-state index contributed by atoms with van der Waals surface area (Å²) in [6.07, 6.45) is 8.73. The van der Waals surface area contributed by atoms with Crippen LogP contribution in [-0.2, 0) is 5.41 Å². The largest absolute Gasteiger partial charge is 0.361 e. The van der Waals surface area contributed by atoms with Crippen LogP contribution < -0.4 is 5.73 Å². The molecule has 2 N–H and O–H groups in total. The molecule has 3 saturated carbocycles. The normalized spacial score (nSPS) is 41.5. The summed E-state index contributed by atoms with van der Waals surface area (Å²) in [4.78, 5) is 0. The lowest BCUT2D eigenvalue weighted by Crippen LogP contribution is -2.53. The standard InChI is InChI=1S/C11H16N2O/c12-11-5-2-10(3-6-11,4-7-11)9-1-8-13-14-9/h1,8H,2-7,12H2. The van der Waals surface area contributed by atoms with Crippen molar-refractivity contribution >= 4 is 0 Å². The molecule has 0 aromatic carbocycles. The highest BCUT2D eigenvalue weighted by molar-refractivity contribution is 5.19. The van der Waals surface area contributed by atoms with Crippen molar-refractivity contribution in [2.45, 2.75) is 49.5 Å². The molecule has 4 rings (SSSR count). The summed E-state index contributed by atoms with van der Waals surface area (Å²) in [6.45, 7) is 0. The number of hydrogen-bond acceptors (Lipinski definition) is 3. The molecule has 3 fully saturated rings. The summed E-state index contributed by atoms with van der Waals surface area (Å²) in [5.74, 6) is 1.08. The lowest BCUT2D eigenvalue weighted by Gasteiger charge is -2.50. The summed E-state index contributed by atoms with van der Waals surface area (Å²) >= 11 is 0. The second-order valence-corrected chi connectivity index (χ2v) is 5.02. The predicted molar refractivity (Wildman–Crippen MR) is 52.8 cm³/mol. The lowest BCUT2D eigenvalue weighted by molar-refractivity contribution is 0.0846. The molecule has 76 valence electrons. The van der Waals surface area contributed by atoms with Gasteiger partial charge in [-0.3, -0.25) is 0 Å². The zero-order valence-corrected chi connectivity index (χ0v) is 8.33. The van der Waals surface area contributed by atoms with Crippen molar-refractivity contribution in [1.82, 2.24) is 5.16 Å². The van der Waals surface area contributed by atoms with Crippen molar-refractivity contribution in [3.8, 4) is 0 Å². The van der Waals surface area contributed by atoms with Gasteiger partial charge in [-0.2, -0.15) is 0 Å². The molecular weight excluding hydrogens is 176 g/mol. The highest BCUT2D eigenvalue weighted by atomic mass is 16.5. The minimum absolute atomic E-state index is 0.141. The van der Waals surface area contributed by atoms with Crippen molar-refractivity contribution < 1.29 is 4.52 Å². The van der Waals surface area contributed by atoms with E-state index < -0.39 is 0 Å². The third-order valence-electron chi connectivity index (χ3n) is 4.26. The molecule has 0 spiro atoms. The molecular formula is C11H16N2O. The third kappa shape index (κ3) is 1.05. The van der Waals surface area contributed by atoms with E-state index in [1.807, 2.05) is 6.07 Å². The molecule has 2 bridgehead atoms. The van der Waals surface area contributed by atoms with Crippen LogP contribution in [0.15, 0.2) is 16.8 Å². The first-order valence-corrected chi connectivity index (χ1v) is 5.43. The second kappa shape index (κ2) is 2.60. The molecule has 3 aliphatic carbocycles. The van der Waals surface area contributed by atoms with Gasteiger partial charge in [-0.15, -0.1) is 0 Å². The molecule has 3 heteroatoms. The zero-order valence-electron chi connectivity index (χ0n) is 8.33. The smallest absolute Gasteiger partial charge is 0.142 e. The number of hydrogen-bond donors (Lipinski definition) is 1. The number of nitrogens with zero attached hydrogens (tertiary/aromatic N) is 1. The first-order valence-electron chi connectivity index (χ1n) is 5.43. The molecule has 0 amide bonds. The first kappa shape index (κ1) is 8.48. The summed E-state index contributed by atoms with van der Waals surface area (Å²) in [5, 5.41) is 3.82. The van der Waals surface area contributed by atoms with Gasteiger partial charge in [0.1, 0.15) is 5.76 Å². The van der Waals surface area contributed by atoms with Gasteiger partial charge >= 0.3 is 0 Å². The van der Waals surface area contributed by atoms with Crippen LogP contribution in [-0.4, -0.2) is 10.7 Å². The van der Waals surface area contributed by atoms with E-state index >= 15 is 0 Å². The minimum atomic E-state index is 0.141. The van der Waals surface area contributed by atoms with E-state index in [2.05, 4.69) is 5.16 Å². The molecule has 0 atom stereocenters. The van der Waals surface area contributed by atoms with Gasteiger partial charge in [-0.25, -0.2) is 0 Å². The van der Waals surface area contributed by atoms with Crippen molar-refractivity contribution in [3.63, 3.8) is 0 Å². The van der Waals surface area contributed by atoms with E-state index in [-0.39, 0.29) is 11.0 Å². The molecule has 1 aromatic heterocycles. The maximum absolute atomic E-state index is 6.26. The summed E-state index contributed by atoms with van der Waals surface area (Å²) in [6, 6.07) is 2.02. The Labute approximate surface area is 83.6 Å². The summed E-state index contributed by atoms with van der Waals surface area (Å²) in [7, 11) is 0. The van der Waals surface area contributed by atoms with Crippen molar-refractivity contribution in [3.05, 3.63) is 18.0 Å². The van der Waals surface area contributed by atoms with Crippen LogP contribution >= 0.6 is 0 Å². The average Bonchev–Trinajstić information content (AvgIpc) is 2.73. The zero-order chi connectivity index (χ0) is 9.65. The molecule has 14 heavy (non-hydrogen) atoms. The maximum atomic E-state index is 6.26. The number of aromatic nitrogens is 1. The fourth-order valence-corrected chi connectivity index (χ4v) is 3.07. The Morgan fingerprint density at radius 1 is 1.14 bits per heavy atom. The van der Waals surface area contributed by atoms with Gasteiger partial charge in [0.25, 0.3) is 0 Å². The van der Waals surface area contributed by atoms with Crippen LogP contribution in [0.25, 0.3) is 0 Å². The maximum Gasteiger partial charge on any atom is 0.142 e. The van der Waals surface area contributed by atoms with Gasteiger partial charge in [0.05, 0.1) is 6.20 Å². The van der Waals surface area contributed by atoms with Crippen molar-refractivity contribution in [2.24, 2.45) is 5.73 Å². The third-order valence-corrected chi connectivity index (χ3v) is 4.26. The van der Waals surface area contributed by atoms with Crippen molar-refractivity contribution in [2.75, 3.05) is 0 Å². The van der Waals surface area contributed by atoms with E-state index in [1.54, 1.807) is 6.20 Å². The molecule has 1 aromatic rings. The molecule has 3 nitrogen and oxygen atoms in total. The fraction of sp³-hybridized carbons (Fsp3) is 0.727. The monoisotopic (exact) mass is 192 g/mol. The highest BCUT2D eigenvalue weighted by Crippen LogP contribution is 2.52. The fourth-order valence-electron chi connectivity index (χ4n) is 3.07. The SMILES string of the molecule is NC12CCC(c3ccno3)(CC1)CC2. The second-order valence-electron chi connectivity index (χ2n) is 5.02. The molecule has 3 aliphatic rings. The van der Waals surface area contributed by atoms with Crippen LogP contribution in [0.5, 0.6) is 0 Å². The van der Waals surface area contributed by atoms with Crippen LogP contribution in [0.2, 0.25) is 0 Å². The highest BCUT2D eigenvalue weighted by Gasteiger charge is 2.49.